The fraction of sp³-hybridized carbons (Fsp3) is 0.140. The molecule has 7 aromatic rings. The molecular formula is C43H33N3PtS. The van der Waals surface area contributed by atoms with Gasteiger partial charge >= 0.3 is 21.1 Å². The van der Waals surface area contributed by atoms with E-state index >= 15 is 0 Å². The molecule has 5 heteroatoms. The standard InChI is InChI=1S/C34H26N3S.C9H7.Pt/c1-3-34(4-2)26-20-22(28-12-9-13-30(36-28)29-10-7-8-19-35-29)15-17-24(26)25-18-16-23(21-27(25)34)33-37-31-11-5-6-14-32(31)38-33;1-3-9-6-4-8(2)5-7-9;/h5-14,16-21H,3-4H2,1-2H3;4-7H,2H3;/q2*-1;+2. The zero-order chi connectivity index (χ0) is 32.4. The molecule has 48 heavy (non-hydrogen) atoms. The molecule has 0 atom stereocenters. The van der Waals surface area contributed by atoms with Crippen molar-refractivity contribution in [3.8, 4) is 50.3 Å². The van der Waals surface area contributed by atoms with Crippen molar-refractivity contribution in [2.24, 2.45) is 0 Å². The number of fused-ring (bicyclic) bond motifs is 4. The molecule has 0 unspecified atom stereocenters. The first-order valence-corrected chi connectivity index (χ1v) is 16.8. The SMILES string of the molecule is CCC1(CC)c2cc(-c3cccc(-c4ccccn4)n3)[c-]cc2-c2ccc(-c3nc4ccccc4s3)cc21.[C-]#Cc1ccc(C)cc1.[Pt+2]. The maximum atomic E-state index is 6.76. The van der Waals surface area contributed by atoms with Crippen molar-refractivity contribution in [3.05, 3.63) is 156 Å². The molecule has 1 aliphatic rings. The number of thiazole rings is 1. The third-order valence-corrected chi connectivity index (χ3v) is 10.3. The van der Waals surface area contributed by atoms with Gasteiger partial charge in [0.05, 0.1) is 21.6 Å². The molecule has 0 spiro atoms. The molecule has 4 aromatic carbocycles. The van der Waals surface area contributed by atoms with E-state index in [0.717, 1.165) is 51.6 Å². The van der Waals surface area contributed by atoms with Crippen molar-refractivity contribution in [2.45, 2.75) is 39.0 Å². The number of hydrogen-bond acceptors (Lipinski definition) is 4. The van der Waals surface area contributed by atoms with E-state index in [0.29, 0.717) is 0 Å². The molecule has 0 N–H and O–H groups in total. The van der Waals surface area contributed by atoms with Gasteiger partial charge in [0, 0.05) is 17.2 Å². The van der Waals surface area contributed by atoms with Crippen LogP contribution in [0.1, 0.15) is 48.9 Å². The first-order chi connectivity index (χ1) is 23.0. The summed E-state index contributed by atoms with van der Waals surface area (Å²) >= 11 is 1.76. The Morgan fingerprint density at radius 1 is 0.750 bits per heavy atom. The largest absolute Gasteiger partial charge is 2.00 e. The van der Waals surface area contributed by atoms with Gasteiger partial charge < -0.3 is 6.42 Å². The Balaban J connectivity index is 0.000000351. The summed E-state index contributed by atoms with van der Waals surface area (Å²) in [7, 11) is 0. The van der Waals surface area contributed by atoms with E-state index in [1.165, 1.54) is 38.1 Å². The molecule has 0 saturated heterocycles. The van der Waals surface area contributed by atoms with Crippen LogP contribution in [-0.2, 0) is 26.5 Å². The summed E-state index contributed by atoms with van der Waals surface area (Å²) in [6.07, 6.45) is 10.6. The molecule has 236 valence electrons. The number of aromatic nitrogens is 3. The Morgan fingerprint density at radius 3 is 2.21 bits per heavy atom. The Bertz CT molecular complexity index is 2210. The molecule has 0 saturated carbocycles. The molecule has 0 aliphatic heterocycles. The van der Waals surface area contributed by atoms with Gasteiger partial charge in [-0.25, -0.2) is 4.98 Å². The van der Waals surface area contributed by atoms with E-state index in [-0.39, 0.29) is 26.5 Å². The minimum atomic E-state index is -0.0557. The summed E-state index contributed by atoms with van der Waals surface area (Å²) in [5.74, 6) is 2.30. The number of pyridine rings is 2. The van der Waals surface area contributed by atoms with Gasteiger partial charge in [0.25, 0.3) is 0 Å². The topological polar surface area (TPSA) is 38.7 Å². The Kier molecular flexibility index (Phi) is 9.83. The molecule has 3 aromatic heterocycles. The fourth-order valence-electron chi connectivity index (χ4n) is 6.60. The van der Waals surface area contributed by atoms with Gasteiger partial charge in [-0.15, -0.1) is 58.4 Å². The smallest absolute Gasteiger partial charge is 0.366 e. The quantitative estimate of drug-likeness (QED) is 0.128. The summed E-state index contributed by atoms with van der Waals surface area (Å²) in [4.78, 5) is 14.4. The van der Waals surface area contributed by atoms with Crippen molar-refractivity contribution in [1.29, 1.82) is 0 Å². The van der Waals surface area contributed by atoms with E-state index in [9.17, 15) is 0 Å². The van der Waals surface area contributed by atoms with E-state index < -0.39 is 0 Å². The summed E-state index contributed by atoms with van der Waals surface area (Å²) < 4.78 is 1.23. The molecule has 3 heterocycles. The predicted molar refractivity (Wildman–Crippen MR) is 195 cm³/mol. The molecule has 0 radical (unpaired) electrons. The molecular weight excluding hydrogens is 786 g/mol. The van der Waals surface area contributed by atoms with E-state index in [2.05, 4.69) is 97.5 Å². The minimum Gasteiger partial charge on any atom is -0.366 e. The third-order valence-electron chi connectivity index (χ3n) is 9.19. The van der Waals surface area contributed by atoms with Gasteiger partial charge in [0.1, 0.15) is 5.01 Å². The average Bonchev–Trinajstić information content (AvgIpc) is 3.69. The number of nitrogens with zero attached hydrogens (tertiary/aromatic N) is 3. The molecule has 8 rings (SSSR count). The molecule has 0 fully saturated rings. The predicted octanol–water partition coefficient (Wildman–Crippen LogP) is 10.9. The van der Waals surface area contributed by atoms with Gasteiger partial charge in [0.2, 0.25) is 0 Å². The first-order valence-electron chi connectivity index (χ1n) is 16.0. The molecule has 1 aliphatic carbocycles. The van der Waals surface area contributed by atoms with Gasteiger partial charge in [-0.1, -0.05) is 85.1 Å². The molecule has 3 nitrogen and oxygen atoms in total. The molecule has 0 amide bonds. The summed E-state index contributed by atoms with van der Waals surface area (Å²) in [5.41, 5.74) is 13.3. The van der Waals surface area contributed by atoms with Crippen LogP contribution in [0.3, 0.4) is 0 Å². The van der Waals surface area contributed by atoms with E-state index in [1.54, 1.807) is 11.3 Å². The second kappa shape index (κ2) is 14.2. The fourth-order valence-corrected chi connectivity index (χ4v) is 7.56. The molecule has 0 bridgehead atoms. The van der Waals surface area contributed by atoms with E-state index in [4.69, 9.17) is 16.4 Å². The van der Waals surface area contributed by atoms with Crippen LogP contribution in [-0.4, -0.2) is 15.0 Å². The van der Waals surface area contributed by atoms with Crippen molar-refractivity contribution >= 4 is 21.6 Å². The van der Waals surface area contributed by atoms with Crippen LogP contribution < -0.4 is 0 Å². The van der Waals surface area contributed by atoms with Crippen LogP contribution in [0.4, 0.5) is 0 Å². The van der Waals surface area contributed by atoms with Crippen LogP contribution >= 0.6 is 11.3 Å². The van der Waals surface area contributed by atoms with Crippen molar-refractivity contribution in [2.75, 3.05) is 0 Å². The number of benzene rings is 4. The summed E-state index contributed by atoms with van der Waals surface area (Å²) in [6, 6.07) is 43.1. The normalized spacial score (nSPS) is 12.2. The Hall–Kier alpha value is -4.68. The maximum Gasteiger partial charge on any atom is 2.00 e. The number of hydrogen-bond donors (Lipinski definition) is 0. The van der Waals surface area contributed by atoms with Gasteiger partial charge in [-0.05, 0) is 67.4 Å². The Labute approximate surface area is 301 Å². The zero-order valence-corrected chi connectivity index (χ0v) is 30.1. The number of rotatable bonds is 5. The second-order valence-electron chi connectivity index (χ2n) is 11.8. The van der Waals surface area contributed by atoms with Crippen LogP contribution in [0, 0.1) is 25.3 Å². The van der Waals surface area contributed by atoms with Crippen LogP contribution in [0.25, 0.3) is 54.6 Å². The minimum absolute atomic E-state index is 0. The van der Waals surface area contributed by atoms with Gasteiger partial charge in [-0.2, -0.15) is 0 Å². The van der Waals surface area contributed by atoms with Crippen molar-refractivity contribution in [1.82, 2.24) is 15.0 Å². The van der Waals surface area contributed by atoms with Crippen LogP contribution in [0.15, 0.2) is 121 Å². The van der Waals surface area contributed by atoms with Gasteiger partial charge in [-0.3, -0.25) is 15.9 Å². The van der Waals surface area contributed by atoms with Gasteiger partial charge in [0.15, 0.2) is 0 Å². The average molecular weight is 819 g/mol. The number of aryl methyl sites for hydroxylation is 1. The van der Waals surface area contributed by atoms with E-state index in [1.807, 2.05) is 61.7 Å². The monoisotopic (exact) mass is 818 g/mol. The third kappa shape index (κ3) is 6.17. The maximum absolute atomic E-state index is 6.76. The van der Waals surface area contributed by atoms with Crippen LogP contribution in [0.2, 0.25) is 0 Å². The number of para-hydroxylation sites is 1. The summed E-state index contributed by atoms with van der Waals surface area (Å²) in [6.45, 7) is 6.64. The zero-order valence-electron chi connectivity index (χ0n) is 27.0. The second-order valence-corrected chi connectivity index (χ2v) is 12.9. The van der Waals surface area contributed by atoms with Crippen molar-refractivity contribution in [3.63, 3.8) is 0 Å². The van der Waals surface area contributed by atoms with Crippen LogP contribution in [0.5, 0.6) is 0 Å². The summed E-state index contributed by atoms with van der Waals surface area (Å²) in [5, 5.41) is 1.08. The Morgan fingerprint density at radius 2 is 1.48 bits per heavy atom. The first kappa shape index (κ1) is 33.2. The van der Waals surface area contributed by atoms with Crippen molar-refractivity contribution < 1.29 is 21.1 Å².